The molecular formula is C5H7N3O. The molecule has 1 aromatic heterocycles. The predicted molar refractivity (Wildman–Crippen MR) is 32.0 cm³/mol. The Morgan fingerprint density at radius 1 is 1.67 bits per heavy atom. The predicted octanol–water partition coefficient (Wildman–Crippen LogP) is -0.516. The Morgan fingerprint density at radius 2 is 2.33 bits per heavy atom. The van der Waals surface area contributed by atoms with Crippen LogP contribution in [-0.4, -0.2) is 14.8 Å². The molecule has 0 spiro atoms. The number of hydrogen-bond acceptors (Lipinski definition) is 3. The summed E-state index contributed by atoms with van der Waals surface area (Å²) in [6.07, 6.45) is 1.38. The quantitative estimate of drug-likeness (QED) is 0.469. The van der Waals surface area contributed by atoms with Gasteiger partial charge in [-0.3, -0.25) is 9.48 Å². The number of aryl methyl sites for hydroxylation is 2. The Hall–Kier alpha value is -1.19. The molecule has 0 bridgehead atoms. The van der Waals surface area contributed by atoms with Gasteiger partial charge in [-0.2, -0.15) is 10.1 Å². The van der Waals surface area contributed by atoms with Crippen molar-refractivity contribution >= 4 is 0 Å². The summed E-state index contributed by atoms with van der Waals surface area (Å²) in [5.74, 6) is 0. The molecule has 4 nitrogen and oxygen atoms in total. The van der Waals surface area contributed by atoms with Gasteiger partial charge in [-0.25, -0.2) is 0 Å². The molecule has 0 aliphatic carbocycles. The maximum absolute atomic E-state index is 10.6. The molecule has 9 heavy (non-hydrogen) atoms. The van der Waals surface area contributed by atoms with Gasteiger partial charge in [-0.05, 0) is 6.92 Å². The van der Waals surface area contributed by atoms with Crippen LogP contribution in [0.4, 0.5) is 0 Å². The zero-order valence-electron chi connectivity index (χ0n) is 5.33. The van der Waals surface area contributed by atoms with Gasteiger partial charge in [-0.1, -0.05) is 0 Å². The summed E-state index contributed by atoms with van der Waals surface area (Å²) in [5, 5.41) is 3.81. The fraction of sp³-hybridized carbons (Fsp3) is 0.400. The third-order valence-corrected chi connectivity index (χ3v) is 0.959. The van der Waals surface area contributed by atoms with Gasteiger partial charge in [0.2, 0.25) is 0 Å². The molecule has 0 saturated carbocycles. The normalized spacial score (nSPS) is 9.56. The second-order valence-corrected chi connectivity index (χ2v) is 1.81. The van der Waals surface area contributed by atoms with Crippen LogP contribution in [0.25, 0.3) is 0 Å². The summed E-state index contributed by atoms with van der Waals surface area (Å²) in [6, 6.07) is 0. The van der Waals surface area contributed by atoms with Gasteiger partial charge in [0.25, 0.3) is 5.56 Å². The molecule has 48 valence electrons. The van der Waals surface area contributed by atoms with Gasteiger partial charge in [0, 0.05) is 7.05 Å². The van der Waals surface area contributed by atoms with Crippen molar-refractivity contribution in [1.29, 1.82) is 0 Å². The zero-order chi connectivity index (χ0) is 6.85. The molecule has 0 amide bonds. The highest BCUT2D eigenvalue weighted by atomic mass is 16.1. The monoisotopic (exact) mass is 125 g/mol. The van der Waals surface area contributed by atoms with Crippen LogP contribution in [0.1, 0.15) is 5.69 Å². The van der Waals surface area contributed by atoms with Crippen LogP contribution in [0.3, 0.4) is 0 Å². The van der Waals surface area contributed by atoms with E-state index in [1.807, 2.05) is 0 Å². The van der Waals surface area contributed by atoms with Crippen molar-refractivity contribution in [3.8, 4) is 0 Å². The van der Waals surface area contributed by atoms with E-state index < -0.39 is 0 Å². The molecule has 0 unspecified atom stereocenters. The van der Waals surface area contributed by atoms with Gasteiger partial charge >= 0.3 is 0 Å². The molecule has 0 aliphatic heterocycles. The fourth-order valence-electron chi connectivity index (χ4n) is 0.535. The Balaban J connectivity index is 3.34. The highest BCUT2D eigenvalue weighted by molar-refractivity contribution is 4.86. The molecule has 0 fully saturated rings. The molecule has 1 rings (SSSR count). The topological polar surface area (TPSA) is 47.8 Å². The summed E-state index contributed by atoms with van der Waals surface area (Å²) < 4.78 is 1.50. The lowest BCUT2D eigenvalue weighted by atomic mass is 10.5. The van der Waals surface area contributed by atoms with Crippen molar-refractivity contribution in [3.63, 3.8) is 0 Å². The molecule has 0 atom stereocenters. The minimum atomic E-state index is -0.256. The Bertz CT molecular complexity index is 265. The first kappa shape index (κ1) is 5.94. The highest BCUT2D eigenvalue weighted by Crippen LogP contribution is 1.73. The van der Waals surface area contributed by atoms with Crippen LogP contribution < -0.4 is 5.56 Å². The molecule has 0 radical (unpaired) electrons. The standard InChI is InChI=1S/C5H7N3O/c1-4-5(9)6-3-8(2)7-4/h3H,1-2H3. The van der Waals surface area contributed by atoms with E-state index in [0.29, 0.717) is 5.69 Å². The number of nitrogens with zero attached hydrogens (tertiary/aromatic N) is 3. The van der Waals surface area contributed by atoms with E-state index in [1.54, 1.807) is 14.0 Å². The van der Waals surface area contributed by atoms with Crippen LogP contribution >= 0.6 is 0 Å². The van der Waals surface area contributed by atoms with E-state index in [-0.39, 0.29) is 5.56 Å². The van der Waals surface area contributed by atoms with Gasteiger partial charge in [0.15, 0.2) is 0 Å². The van der Waals surface area contributed by atoms with Crippen LogP contribution in [0.2, 0.25) is 0 Å². The molecule has 4 heteroatoms. The Morgan fingerprint density at radius 3 is 2.78 bits per heavy atom. The van der Waals surface area contributed by atoms with E-state index in [9.17, 15) is 4.79 Å². The maximum Gasteiger partial charge on any atom is 0.294 e. The number of rotatable bonds is 0. The van der Waals surface area contributed by atoms with E-state index in [0.717, 1.165) is 0 Å². The van der Waals surface area contributed by atoms with Crippen molar-refractivity contribution in [1.82, 2.24) is 14.8 Å². The van der Waals surface area contributed by atoms with Gasteiger partial charge in [0.1, 0.15) is 12.0 Å². The maximum atomic E-state index is 10.6. The Kier molecular flexibility index (Phi) is 1.30. The molecule has 1 aromatic rings. The third kappa shape index (κ3) is 1.13. The first-order chi connectivity index (χ1) is 4.20. The number of hydrogen-bond donors (Lipinski definition) is 0. The smallest absolute Gasteiger partial charge is 0.265 e. The molecular weight excluding hydrogens is 118 g/mol. The first-order valence-electron chi connectivity index (χ1n) is 2.56. The summed E-state index contributed by atoms with van der Waals surface area (Å²) in [4.78, 5) is 14.1. The van der Waals surface area contributed by atoms with Crippen molar-refractivity contribution in [3.05, 3.63) is 22.4 Å². The molecule has 0 aliphatic rings. The SMILES string of the molecule is Cc1nn(C)cnc1=O. The van der Waals surface area contributed by atoms with Gasteiger partial charge in [-0.15, -0.1) is 0 Å². The first-order valence-corrected chi connectivity index (χ1v) is 2.56. The summed E-state index contributed by atoms with van der Waals surface area (Å²) in [7, 11) is 1.72. The Labute approximate surface area is 52.2 Å². The minimum absolute atomic E-state index is 0.256. The van der Waals surface area contributed by atoms with Crippen molar-refractivity contribution < 1.29 is 0 Å². The number of aromatic nitrogens is 3. The van der Waals surface area contributed by atoms with Crippen molar-refractivity contribution in [2.45, 2.75) is 6.92 Å². The highest BCUT2D eigenvalue weighted by Gasteiger charge is 1.91. The average Bonchev–Trinajstić information content (AvgIpc) is 1.80. The second kappa shape index (κ2) is 1.97. The average molecular weight is 125 g/mol. The molecule has 0 N–H and O–H groups in total. The molecule has 1 heterocycles. The summed E-state index contributed by atoms with van der Waals surface area (Å²) >= 11 is 0. The third-order valence-electron chi connectivity index (χ3n) is 0.959. The molecule has 0 saturated heterocycles. The van der Waals surface area contributed by atoms with Crippen molar-refractivity contribution in [2.24, 2.45) is 7.05 Å². The summed E-state index contributed by atoms with van der Waals surface area (Å²) in [6.45, 7) is 1.63. The minimum Gasteiger partial charge on any atom is -0.265 e. The van der Waals surface area contributed by atoms with Crippen LogP contribution in [-0.2, 0) is 7.05 Å². The largest absolute Gasteiger partial charge is 0.294 e. The van der Waals surface area contributed by atoms with E-state index in [4.69, 9.17) is 0 Å². The fourth-order valence-corrected chi connectivity index (χ4v) is 0.535. The van der Waals surface area contributed by atoms with Crippen LogP contribution in [0.15, 0.2) is 11.1 Å². The summed E-state index contributed by atoms with van der Waals surface area (Å²) in [5.41, 5.74) is 0.174. The lowest BCUT2D eigenvalue weighted by Gasteiger charge is -1.92. The molecule has 0 aromatic carbocycles. The zero-order valence-corrected chi connectivity index (χ0v) is 5.33. The van der Waals surface area contributed by atoms with Crippen molar-refractivity contribution in [2.75, 3.05) is 0 Å². The lowest BCUT2D eigenvalue weighted by Crippen LogP contribution is -2.15. The lowest BCUT2D eigenvalue weighted by molar-refractivity contribution is 0.685. The van der Waals surface area contributed by atoms with Crippen LogP contribution in [0, 0.1) is 6.92 Å². The van der Waals surface area contributed by atoms with Crippen LogP contribution in [0.5, 0.6) is 0 Å². The van der Waals surface area contributed by atoms with E-state index >= 15 is 0 Å². The second-order valence-electron chi connectivity index (χ2n) is 1.81. The van der Waals surface area contributed by atoms with Gasteiger partial charge < -0.3 is 0 Å². The van der Waals surface area contributed by atoms with Gasteiger partial charge in [0.05, 0.1) is 0 Å². The van der Waals surface area contributed by atoms with E-state index in [1.165, 1.54) is 11.0 Å². The van der Waals surface area contributed by atoms with E-state index in [2.05, 4.69) is 10.1 Å².